The number of hydrogen-bond acceptors (Lipinski definition) is 7. The molecule has 0 aliphatic rings. The molecule has 2 N–H and O–H groups in total. The van der Waals surface area contributed by atoms with Crippen LogP contribution in [0.1, 0.15) is 16.4 Å². The molecule has 0 radical (unpaired) electrons. The first kappa shape index (κ1) is 13.8. The van der Waals surface area contributed by atoms with Gasteiger partial charge in [-0.25, -0.2) is 0 Å². The van der Waals surface area contributed by atoms with Crippen LogP contribution in [-0.4, -0.2) is 23.3 Å². The molecule has 0 aliphatic heterocycles. The van der Waals surface area contributed by atoms with E-state index in [2.05, 4.69) is 10.2 Å². The predicted molar refractivity (Wildman–Crippen MR) is 76.1 cm³/mol. The van der Waals surface area contributed by atoms with Gasteiger partial charge in [0.25, 0.3) is 0 Å². The van der Waals surface area contributed by atoms with Crippen molar-refractivity contribution in [3.05, 3.63) is 35.4 Å². The molecule has 0 aliphatic carbocycles. The normalized spacial score (nSPS) is 12.1. The summed E-state index contributed by atoms with van der Waals surface area (Å²) in [5.74, 6) is -0.312. The average molecular weight is 295 g/mol. The summed E-state index contributed by atoms with van der Waals surface area (Å²) in [7, 11) is 1.38. The van der Waals surface area contributed by atoms with Crippen LogP contribution in [-0.2, 0) is 9.53 Å². The van der Waals surface area contributed by atoms with Gasteiger partial charge < -0.3 is 10.5 Å². The lowest BCUT2D eigenvalue weighted by molar-refractivity contribution is -0.140. The van der Waals surface area contributed by atoms with Crippen molar-refractivity contribution in [2.45, 2.75) is 16.5 Å². The lowest BCUT2D eigenvalue weighted by Gasteiger charge is -2.15. The van der Waals surface area contributed by atoms with E-state index in [0.717, 1.165) is 11.1 Å². The second-order valence-corrected chi connectivity index (χ2v) is 6.15. The number of ether oxygens (including phenoxy) is 1. The standard InChI is InChI=1S/C12H13N3O2S2/c1-7-5-3-4-6-8(7)9(10(16)17-2)18-12-15-14-11(13)19-12/h3-6,9H,1-2H3,(H2,13,14)/t9-/m0/s1. The van der Waals surface area contributed by atoms with E-state index < -0.39 is 5.25 Å². The first-order chi connectivity index (χ1) is 9.11. The second-order valence-electron chi connectivity index (χ2n) is 3.78. The van der Waals surface area contributed by atoms with Gasteiger partial charge in [0.15, 0.2) is 4.34 Å². The topological polar surface area (TPSA) is 78.1 Å². The van der Waals surface area contributed by atoms with E-state index in [1.807, 2.05) is 31.2 Å². The quantitative estimate of drug-likeness (QED) is 0.689. The molecule has 0 saturated heterocycles. The van der Waals surface area contributed by atoms with Crippen LogP contribution in [0.3, 0.4) is 0 Å². The first-order valence-electron chi connectivity index (χ1n) is 5.51. The summed E-state index contributed by atoms with van der Waals surface area (Å²) in [6.07, 6.45) is 0. The molecule has 0 fully saturated rings. The predicted octanol–water partition coefficient (Wildman–Crippen LogP) is 2.44. The molecular weight excluding hydrogens is 282 g/mol. The number of nitrogen functional groups attached to an aromatic ring is 1. The maximum Gasteiger partial charge on any atom is 0.323 e. The minimum absolute atomic E-state index is 0.312. The summed E-state index contributed by atoms with van der Waals surface area (Å²) in [6, 6.07) is 7.70. The van der Waals surface area contributed by atoms with E-state index in [9.17, 15) is 4.79 Å². The summed E-state index contributed by atoms with van der Waals surface area (Å²) in [5.41, 5.74) is 7.49. The van der Waals surface area contributed by atoms with Crippen molar-refractivity contribution >= 4 is 34.2 Å². The van der Waals surface area contributed by atoms with E-state index in [1.165, 1.54) is 30.2 Å². The number of nitrogens with zero attached hydrogens (tertiary/aromatic N) is 2. The number of aryl methyl sites for hydroxylation is 1. The number of carbonyl (C=O) groups excluding carboxylic acids is 1. The third-order valence-electron chi connectivity index (χ3n) is 2.53. The number of carbonyl (C=O) groups is 1. The molecule has 1 aromatic carbocycles. The monoisotopic (exact) mass is 295 g/mol. The maximum atomic E-state index is 12.0. The van der Waals surface area contributed by atoms with Crippen LogP contribution in [0.15, 0.2) is 28.6 Å². The number of esters is 1. The average Bonchev–Trinajstić information content (AvgIpc) is 2.82. The zero-order valence-corrected chi connectivity index (χ0v) is 12.1. The van der Waals surface area contributed by atoms with Crippen molar-refractivity contribution in [1.29, 1.82) is 0 Å². The van der Waals surface area contributed by atoms with E-state index in [0.29, 0.717) is 9.47 Å². The smallest absolute Gasteiger partial charge is 0.323 e. The SMILES string of the molecule is COC(=O)[C@@H](Sc1nnc(N)s1)c1ccccc1C. The van der Waals surface area contributed by atoms with Crippen molar-refractivity contribution in [3.63, 3.8) is 0 Å². The van der Waals surface area contributed by atoms with E-state index in [-0.39, 0.29) is 5.97 Å². The lowest BCUT2D eigenvalue weighted by atomic mass is 10.1. The largest absolute Gasteiger partial charge is 0.468 e. The fraction of sp³-hybridized carbons (Fsp3) is 0.250. The Balaban J connectivity index is 2.31. The fourth-order valence-corrected chi connectivity index (χ4v) is 3.55. The maximum absolute atomic E-state index is 12.0. The highest BCUT2D eigenvalue weighted by Gasteiger charge is 2.25. The Morgan fingerprint density at radius 2 is 2.16 bits per heavy atom. The Morgan fingerprint density at radius 3 is 2.74 bits per heavy atom. The molecule has 0 unspecified atom stereocenters. The lowest BCUT2D eigenvalue weighted by Crippen LogP contribution is -2.12. The molecule has 0 bridgehead atoms. The number of benzene rings is 1. The van der Waals surface area contributed by atoms with Gasteiger partial charge in [0.2, 0.25) is 5.13 Å². The van der Waals surface area contributed by atoms with E-state index in [1.54, 1.807) is 0 Å². The van der Waals surface area contributed by atoms with Gasteiger partial charge in [-0.15, -0.1) is 10.2 Å². The molecule has 7 heteroatoms. The molecule has 100 valence electrons. The van der Waals surface area contributed by atoms with Gasteiger partial charge in [0.1, 0.15) is 5.25 Å². The Labute approximate surface area is 119 Å². The molecule has 5 nitrogen and oxygen atoms in total. The zero-order valence-electron chi connectivity index (χ0n) is 10.5. The number of anilines is 1. The summed E-state index contributed by atoms with van der Waals surface area (Å²) < 4.78 is 5.52. The molecule has 1 atom stereocenters. The van der Waals surface area contributed by atoms with Crippen LogP contribution < -0.4 is 5.73 Å². The molecule has 0 amide bonds. The van der Waals surface area contributed by atoms with Gasteiger partial charge in [0.05, 0.1) is 7.11 Å². The van der Waals surface area contributed by atoms with Crippen molar-refractivity contribution in [2.24, 2.45) is 0 Å². The number of aromatic nitrogens is 2. The van der Waals surface area contributed by atoms with Gasteiger partial charge in [-0.1, -0.05) is 47.4 Å². The highest BCUT2D eigenvalue weighted by atomic mass is 32.2. The van der Waals surface area contributed by atoms with Crippen LogP contribution in [0.2, 0.25) is 0 Å². The Morgan fingerprint density at radius 1 is 1.42 bits per heavy atom. The van der Waals surface area contributed by atoms with Crippen LogP contribution in [0.4, 0.5) is 5.13 Å². The molecule has 1 heterocycles. The van der Waals surface area contributed by atoms with Gasteiger partial charge in [-0.2, -0.15) is 0 Å². The summed E-state index contributed by atoms with van der Waals surface area (Å²) in [6.45, 7) is 1.96. The van der Waals surface area contributed by atoms with Crippen LogP contribution in [0, 0.1) is 6.92 Å². The highest BCUT2D eigenvalue weighted by molar-refractivity contribution is 8.01. The number of rotatable bonds is 4. The first-order valence-corrected chi connectivity index (χ1v) is 7.20. The number of thioether (sulfide) groups is 1. The highest BCUT2D eigenvalue weighted by Crippen LogP contribution is 2.39. The van der Waals surface area contributed by atoms with Crippen LogP contribution in [0.5, 0.6) is 0 Å². The van der Waals surface area contributed by atoms with Crippen molar-refractivity contribution in [2.75, 3.05) is 12.8 Å². The Kier molecular flexibility index (Phi) is 4.39. The van der Waals surface area contributed by atoms with Crippen molar-refractivity contribution < 1.29 is 9.53 Å². The molecule has 1 aromatic heterocycles. The van der Waals surface area contributed by atoms with E-state index >= 15 is 0 Å². The number of methoxy groups -OCH3 is 1. The Bertz CT molecular complexity index is 586. The summed E-state index contributed by atoms with van der Waals surface area (Å²) in [4.78, 5) is 12.0. The molecule has 0 saturated carbocycles. The van der Waals surface area contributed by atoms with Gasteiger partial charge >= 0.3 is 5.97 Å². The Hall–Kier alpha value is -1.60. The summed E-state index contributed by atoms with van der Waals surface area (Å²) in [5, 5.41) is 7.60. The second kappa shape index (κ2) is 6.03. The molecule has 0 spiro atoms. The van der Waals surface area contributed by atoms with Gasteiger partial charge in [-0.3, -0.25) is 4.79 Å². The minimum atomic E-state index is -0.460. The zero-order chi connectivity index (χ0) is 13.8. The van der Waals surface area contributed by atoms with Gasteiger partial charge in [0, 0.05) is 0 Å². The number of hydrogen-bond donors (Lipinski definition) is 1. The third kappa shape index (κ3) is 3.24. The van der Waals surface area contributed by atoms with Crippen molar-refractivity contribution in [1.82, 2.24) is 10.2 Å². The number of nitrogens with two attached hydrogens (primary N) is 1. The van der Waals surface area contributed by atoms with Crippen LogP contribution >= 0.6 is 23.1 Å². The minimum Gasteiger partial charge on any atom is -0.468 e. The molecule has 2 rings (SSSR count). The van der Waals surface area contributed by atoms with Crippen molar-refractivity contribution in [3.8, 4) is 0 Å². The third-order valence-corrected chi connectivity index (χ3v) is 4.58. The van der Waals surface area contributed by atoms with Gasteiger partial charge in [-0.05, 0) is 18.1 Å². The van der Waals surface area contributed by atoms with Crippen LogP contribution in [0.25, 0.3) is 0 Å². The summed E-state index contributed by atoms with van der Waals surface area (Å²) >= 11 is 2.56. The molecule has 2 aromatic rings. The van der Waals surface area contributed by atoms with E-state index in [4.69, 9.17) is 10.5 Å². The molecule has 19 heavy (non-hydrogen) atoms. The fourth-order valence-electron chi connectivity index (χ4n) is 1.60. The molecular formula is C12H13N3O2S2.